The number of azo groups is 2. The normalized spacial score (nSPS) is 13.3. The maximum atomic E-state index is 12.7. The lowest BCUT2D eigenvalue weighted by molar-refractivity contribution is 0.0956. The molecule has 0 heterocycles. The van der Waals surface area contributed by atoms with Crippen molar-refractivity contribution in [3.05, 3.63) is 66.2 Å². The third-order valence-electron chi connectivity index (χ3n) is 7.61. The molecule has 4 aromatic rings. The SMILES string of the molecule is Nc1c(N=Nc2ccc(S(=O)(=O)CCOS(=O)(=O)O)cc2)c(S(=O)(=O)O)cc2cc(S(=O)(=O)O)c(N=Nc3cccc(C(=O)NCCS(=O)(=O)CCOS(=O)(=O)O)c3)c(O)c12. The predicted octanol–water partition coefficient (Wildman–Crippen LogP) is 2.01. The van der Waals surface area contributed by atoms with Crippen LogP contribution in [-0.4, -0.2) is 117 Å². The van der Waals surface area contributed by atoms with Crippen molar-refractivity contribution in [3.63, 3.8) is 0 Å². The van der Waals surface area contributed by atoms with Crippen molar-refractivity contribution in [3.8, 4) is 5.75 Å². The summed E-state index contributed by atoms with van der Waals surface area (Å²) in [6, 6.07) is 10.2. The summed E-state index contributed by atoms with van der Waals surface area (Å²) in [5.74, 6) is -4.31. The minimum atomic E-state index is -5.31. The monoisotopic (exact) mass is 974 g/mol. The van der Waals surface area contributed by atoms with Gasteiger partial charge >= 0.3 is 20.8 Å². The molecule has 0 radical (unpaired) electrons. The summed E-state index contributed by atoms with van der Waals surface area (Å²) in [5, 5.41) is 27.5. The fourth-order valence-electron chi connectivity index (χ4n) is 4.91. The van der Waals surface area contributed by atoms with E-state index in [1.807, 2.05) is 0 Å². The molecule has 1 amide bonds. The highest BCUT2D eigenvalue weighted by molar-refractivity contribution is 7.91. The van der Waals surface area contributed by atoms with Crippen LogP contribution in [0.4, 0.5) is 28.4 Å². The van der Waals surface area contributed by atoms with Crippen molar-refractivity contribution >= 4 is 106 Å². The van der Waals surface area contributed by atoms with E-state index in [0.717, 1.165) is 30.3 Å². The number of benzene rings is 4. The number of aromatic hydroxyl groups is 1. The number of sulfone groups is 2. The molecule has 4 aromatic carbocycles. The summed E-state index contributed by atoms with van der Waals surface area (Å²) in [5.41, 5.74) is 3.16. The molecule has 0 saturated carbocycles. The number of hydrogen-bond acceptors (Lipinski definition) is 21. The molecule has 61 heavy (non-hydrogen) atoms. The Balaban J connectivity index is 1.68. The molecule has 26 nitrogen and oxygen atoms in total. The van der Waals surface area contributed by atoms with Gasteiger partial charge in [0.1, 0.15) is 21.2 Å². The Morgan fingerprint density at radius 1 is 0.639 bits per heavy atom. The zero-order valence-corrected chi connectivity index (χ0v) is 35.1. The number of amides is 1. The third-order valence-corrected chi connectivity index (χ3v) is 13.6. The molecule has 32 heteroatoms. The molecular formula is C29H30N6O20S6. The lowest BCUT2D eigenvalue weighted by atomic mass is 10.1. The Labute approximate surface area is 346 Å². The molecule has 8 N–H and O–H groups in total. The second kappa shape index (κ2) is 18.5. The van der Waals surface area contributed by atoms with Gasteiger partial charge in [-0.3, -0.25) is 23.0 Å². The van der Waals surface area contributed by atoms with Gasteiger partial charge in [0, 0.05) is 12.1 Å². The van der Waals surface area contributed by atoms with E-state index in [9.17, 15) is 69.5 Å². The highest BCUT2D eigenvalue weighted by Gasteiger charge is 2.28. The largest absolute Gasteiger partial charge is 0.505 e. The highest BCUT2D eigenvalue weighted by Crippen LogP contribution is 2.48. The first-order valence-corrected chi connectivity index (χ1v) is 25.1. The topological polar surface area (TPSA) is 429 Å². The second-order valence-electron chi connectivity index (χ2n) is 11.9. The molecule has 4 rings (SSSR count). The lowest BCUT2D eigenvalue weighted by Crippen LogP contribution is -2.30. The van der Waals surface area contributed by atoms with Crippen LogP contribution in [0.1, 0.15) is 10.4 Å². The number of phenols is 1. The Kier molecular flexibility index (Phi) is 14.7. The number of fused-ring (bicyclic) bond motifs is 1. The van der Waals surface area contributed by atoms with Gasteiger partial charge in [-0.2, -0.15) is 43.9 Å². The van der Waals surface area contributed by atoms with Gasteiger partial charge in [0.15, 0.2) is 25.4 Å². The number of hydrogen-bond donors (Lipinski definition) is 7. The van der Waals surface area contributed by atoms with Gasteiger partial charge in [0.25, 0.3) is 26.1 Å². The molecule has 0 aromatic heterocycles. The Morgan fingerprint density at radius 2 is 1.16 bits per heavy atom. The summed E-state index contributed by atoms with van der Waals surface area (Å²) in [6.07, 6.45) is 0. The third kappa shape index (κ3) is 13.7. The van der Waals surface area contributed by atoms with Crippen molar-refractivity contribution < 1.29 is 87.0 Å². The van der Waals surface area contributed by atoms with Gasteiger partial charge in [0.05, 0.1) is 57.8 Å². The van der Waals surface area contributed by atoms with E-state index in [1.54, 1.807) is 0 Å². The number of nitrogens with one attached hydrogen (secondary N) is 1. The van der Waals surface area contributed by atoms with Gasteiger partial charge in [-0.25, -0.2) is 25.2 Å². The summed E-state index contributed by atoms with van der Waals surface area (Å²) in [7, 11) is -28.5. The van der Waals surface area contributed by atoms with Gasteiger partial charge < -0.3 is 16.2 Å². The highest BCUT2D eigenvalue weighted by atomic mass is 32.3. The summed E-state index contributed by atoms with van der Waals surface area (Å²) in [6.45, 7) is -2.25. The molecule has 332 valence electrons. The van der Waals surface area contributed by atoms with Crippen molar-refractivity contribution in [2.75, 3.05) is 42.8 Å². The van der Waals surface area contributed by atoms with Crippen molar-refractivity contribution in [2.45, 2.75) is 14.7 Å². The van der Waals surface area contributed by atoms with E-state index in [0.29, 0.717) is 12.1 Å². The molecular weight excluding hydrogens is 945 g/mol. The standard InChI is InChI=1S/C29H30N6O20S6/c30-25-24-18(15-22(58(42,43)44)26(25)34-32-19-4-6-21(7-5-19)57(40,41)13-10-55-61(51,52)53)16-23(59(45,46)47)27(28(24)36)35-33-20-3-1-2-17(14-20)29(37)31-8-11-56(38,39)12-9-54-60(48,49)50/h1-7,14-16,36H,8-13,30H2,(H,31,37)(H,42,43,44)(H,45,46,47)(H,48,49,50)(H,51,52,53). The molecule has 0 atom stereocenters. The maximum Gasteiger partial charge on any atom is 0.397 e. The first-order valence-electron chi connectivity index (χ1n) is 16.0. The number of carbonyl (C=O) groups is 1. The minimum Gasteiger partial charge on any atom is -0.505 e. The Hall–Kier alpha value is -5.13. The summed E-state index contributed by atoms with van der Waals surface area (Å²) < 4.78 is 187. The molecule has 0 fully saturated rings. The van der Waals surface area contributed by atoms with Crippen molar-refractivity contribution in [1.29, 1.82) is 0 Å². The van der Waals surface area contributed by atoms with Crippen LogP contribution < -0.4 is 11.1 Å². The van der Waals surface area contributed by atoms with Gasteiger partial charge in [-0.05, 0) is 60.0 Å². The molecule has 0 aliphatic heterocycles. The number of nitrogens with two attached hydrogens (primary N) is 1. The maximum absolute atomic E-state index is 12.7. The van der Waals surface area contributed by atoms with Crippen LogP contribution in [0.2, 0.25) is 0 Å². The number of anilines is 1. The number of rotatable bonds is 19. The summed E-state index contributed by atoms with van der Waals surface area (Å²) >= 11 is 0. The molecule has 0 bridgehead atoms. The van der Waals surface area contributed by atoms with E-state index in [4.69, 9.17) is 14.8 Å². The predicted molar refractivity (Wildman–Crippen MR) is 209 cm³/mol. The second-order valence-corrected chi connectivity index (χ2v) is 21.3. The zero-order chi connectivity index (χ0) is 45.8. The van der Waals surface area contributed by atoms with E-state index in [1.165, 1.54) is 18.2 Å². The van der Waals surface area contributed by atoms with Gasteiger partial charge in [0.2, 0.25) is 0 Å². The molecule has 0 aliphatic rings. The molecule has 0 aliphatic carbocycles. The average Bonchev–Trinajstić information content (AvgIpc) is 3.11. The number of phenolic OH excluding ortho intramolecular Hbond substituents is 1. The lowest BCUT2D eigenvalue weighted by Gasteiger charge is -2.14. The van der Waals surface area contributed by atoms with Crippen LogP contribution in [-0.2, 0) is 69.1 Å². The van der Waals surface area contributed by atoms with Crippen LogP contribution in [0.5, 0.6) is 5.75 Å². The fraction of sp³-hybridized carbons (Fsp3) is 0.207. The van der Waals surface area contributed by atoms with E-state index in [2.05, 4.69) is 34.1 Å². The van der Waals surface area contributed by atoms with Crippen molar-refractivity contribution in [1.82, 2.24) is 5.32 Å². The first kappa shape index (κ1) is 48.5. The van der Waals surface area contributed by atoms with E-state index in [-0.39, 0.29) is 21.8 Å². The minimum absolute atomic E-state index is 0.139. The summed E-state index contributed by atoms with van der Waals surface area (Å²) in [4.78, 5) is 10.1. The first-order chi connectivity index (χ1) is 28.0. The van der Waals surface area contributed by atoms with E-state index >= 15 is 0 Å². The quantitative estimate of drug-likeness (QED) is 0.0401. The van der Waals surface area contributed by atoms with Crippen LogP contribution in [0.3, 0.4) is 0 Å². The number of carbonyl (C=O) groups excluding carboxylic acids is 1. The van der Waals surface area contributed by atoms with Gasteiger partial charge in [-0.1, -0.05) is 6.07 Å². The average molecular weight is 975 g/mol. The zero-order valence-electron chi connectivity index (χ0n) is 30.2. The molecule has 0 saturated heterocycles. The Morgan fingerprint density at radius 3 is 1.72 bits per heavy atom. The smallest absolute Gasteiger partial charge is 0.397 e. The fourth-order valence-corrected chi connectivity index (χ4v) is 9.08. The van der Waals surface area contributed by atoms with Crippen LogP contribution in [0.25, 0.3) is 10.8 Å². The van der Waals surface area contributed by atoms with Crippen LogP contribution in [0.15, 0.2) is 95.8 Å². The van der Waals surface area contributed by atoms with Gasteiger partial charge in [-0.15, -0.1) is 10.2 Å². The van der Waals surface area contributed by atoms with Crippen molar-refractivity contribution in [2.24, 2.45) is 20.5 Å². The van der Waals surface area contributed by atoms with Crippen LogP contribution >= 0.6 is 0 Å². The van der Waals surface area contributed by atoms with Crippen LogP contribution in [0, 0.1) is 0 Å². The molecule has 0 spiro atoms. The number of nitrogens with zero attached hydrogens (tertiary/aromatic N) is 4. The Bertz CT molecular complexity index is 3120. The molecule has 0 unspecified atom stereocenters. The van der Waals surface area contributed by atoms with E-state index < -0.39 is 147 Å². The number of nitrogen functional groups attached to an aromatic ring is 1.